The van der Waals surface area contributed by atoms with E-state index in [1.54, 1.807) is 0 Å². The molecule has 4 heteroatoms. The van der Waals surface area contributed by atoms with Gasteiger partial charge in [0.25, 0.3) is 0 Å². The van der Waals surface area contributed by atoms with Crippen LogP contribution in [0.3, 0.4) is 0 Å². The molecule has 2 rings (SSSR count). The Morgan fingerprint density at radius 1 is 0.750 bits per heavy atom. The van der Waals surface area contributed by atoms with Crippen LogP contribution in [-0.2, 0) is 9.47 Å². The third-order valence-corrected chi connectivity index (χ3v) is 14.9. The topological polar surface area (TPSA) is 18.5 Å². The molecule has 2 aliphatic rings. The summed E-state index contributed by atoms with van der Waals surface area (Å²) < 4.78 is 14.5. The molecule has 0 bridgehead atoms. The third-order valence-electron chi connectivity index (χ3n) is 3.14. The monoisotopic (exact) mass is 458 g/mol. The molecular weight excluding hydrogens is 431 g/mol. The van der Waals surface area contributed by atoms with Crippen molar-refractivity contribution < 1.29 is 9.47 Å². The zero-order valence-electron chi connectivity index (χ0n) is 9.86. The van der Waals surface area contributed by atoms with E-state index in [1.807, 2.05) is 0 Å². The Balaban J connectivity index is 1.47. The van der Waals surface area contributed by atoms with Gasteiger partial charge in [-0.2, -0.15) is 0 Å². The van der Waals surface area contributed by atoms with Crippen LogP contribution in [0.1, 0.15) is 38.5 Å². The Labute approximate surface area is 116 Å². The van der Waals surface area contributed by atoms with E-state index in [0.717, 1.165) is 13.2 Å². The van der Waals surface area contributed by atoms with E-state index in [0.29, 0.717) is 46.3 Å². The third kappa shape index (κ3) is 5.43. The van der Waals surface area contributed by atoms with Crippen LogP contribution >= 0.6 is 0 Å². The van der Waals surface area contributed by atoms with Crippen molar-refractivity contribution in [3.63, 3.8) is 0 Å². The van der Waals surface area contributed by atoms with Crippen molar-refractivity contribution >= 4 is 34.1 Å². The van der Waals surface area contributed by atoms with Gasteiger partial charge in [-0.3, -0.25) is 0 Å². The second kappa shape index (κ2) is 8.58. The molecule has 2 heterocycles. The Morgan fingerprint density at radius 2 is 1.25 bits per heavy atom. The zero-order chi connectivity index (χ0) is 11.1. The number of hydrogen-bond donors (Lipinski definition) is 0. The summed E-state index contributed by atoms with van der Waals surface area (Å²) in [5.74, 6) is 0. The molecule has 0 radical (unpaired) electrons. The molecule has 0 aromatic carbocycles. The molecule has 94 valence electrons. The van der Waals surface area contributed by atoms with E-state index in [-0.39, 0.29) is 0 Å². The molecule has 16 heavy (non-hydrogen) atoms. The van der Waals surface area contributed by atoms with E-state index < -0.39 is 0 Å². The van der Waals surface area contributed by atoms with E-state index >= 15 is 0 Å². The molecule has 0 aromatic heterocycles. The molecule has 0 saturated carbocycles. The van der Waals surface area contributed by atoms with Gasteiger partial charge in [0.1, 0.15) is 0 Å². The normalized spacial score (nSPS) is 31.5. The average Bonchev–Trinajstić information content (AvgIpc) is 2.37. The van der Waals surface area contributed by atoms with Crippen LogP contribution < -0.4 is 0 Å². The minimum atomic E-state index is 0.324. The number of ether oxygens (including phenoxy) is 2. The SMILES string of the molecule is C1CCC(C[Te][Te]CC2CCCCO2)OC1. The summed E-state index contributed by atoms with van der Waals surface area (Å²) in [6.07, 6.45) is 9.42. The summed E-state index contributed by atoms with van der Waals surface area (Å²) in [4.78, 5) is 0. The number of hydrogen-bond acceptors (Lipinski definition) is 2. The summed E-state index contributed by atoms with van der Waals surface area (Å²) in [5, 5.41) is 0. The molecular formula is C12H22O2Te2. The summed E-state index contributed by atoms with van der Waals surface area (Å²) in [5.41, 5.74) is 0. The van der Waals surface area contributed by atoms with Gasteiger partial charge in [0.05, 0.1) is 0 Å². The van der Waals surface area contributed by atoms with E-state index in [9.17, 15) is 0 Å². The predicted molar refractivity (Wildman–Crippen MR) is 68.3 cm³/mol. The van der Waals surface area contributed by atoms with Crippen molar-refractivity contribution in [1.29, 1.82) is 0 Å². The van der Waals surface area contributed by atoms with Gasteiger partial charge in [-0.1, -0.05) is 0 Å². The molecule has 2 unspecified atom stereocenters. The zero-order valence-corrected chi connectivity index (χ0v) is 14.5. The van der Waals surface area contributed by atoms with Crippen LogP contribution in [0, 0.1) is 0 Å². The van der Waals surface area contributed by atoms with Gasteiger partial charge in [0.15, 0.2) is 0 Å². The Kier molecular flexibility index (Phi) is 7.46. The minimum absolute atomic E-state index is 0.324. The predicted octanol–water partition coefficient (Wildman–Crippen LogP) is 2.28. The Bertz CT molecular complexity index is 158. The molecule has 0 amide bonds. The van der Waals surface area contributed by atoms with Gasteiger partial charge in [0.2, 0.25) is 0 Å². The van der Waals surface area contributed by atoms with Gasteiger partial charge in [-0.25, -0.2) is 0 Å². The summed E-state index contributed by atoms with van der Waals surface area (Å²) in [6.45, 7) is 2.06. The molecule has 2 fully saturated rings. The number of rotatable bonds is 5. The fourth-order valence-corrected chi connectivity index (χ4v) is 14.5. The molecule has 0 N–H and O–H groups in total. The average molecular weight is 454 g/mol. The second-order valence-corrected chi connectivity index (χ2v) is 16.8. The van der Waals surface area contributed by atoms with Crippen molar-refractivity contribution in [3.05, 3.63) is 0 Å². The first-order valence-corrected chi connectivity index (χ1v) is 17.1. The van der Waals surface area contributed by atoms with Gasteiger partial charge in [-0.05, 0) is 0 Å². The van der Waals surface area contributed by atoms with Crippen molar-refractivity contribution in [3.8, 4) is 0 Å². The Hall–Kier alpha value is 1.50. The fraction of sp³-hybridized carbons (Fsp3) is 1.00. The molecule has 0 spiro atoms. The van der Waals surface area contributed by atoms with Gasteiger partial charge in [-0.15, -0.1) is 0 Å². The van der Waals surface area contributed by atoms with E-state index in [4.69, 9.17) is 9.47 Å². The van der Waals surface area contributed by atoms with E-state index in [2.05, 4.69) is 0 Å². The molecule has 0 aliphatic carbocycles. The first-order valence-electron chi connectivity index (χ1n) is 6.43. The van der Waals surface area contributed by atoms with Crippen molar-refractivity contribution in [2.75, 3.05) is 13.2 Å². The fourth-order valence-electron chi connectivity index (χ4n) is 2.13. The Morgan fingerprint density at radius 3 is 1.62 bits per heavy atom. The quantitative estimate of drug-likeness (QED) is 0.470. The van der Waals surface area contributed by atoms with Crippen molar-refractivity contribution in [2.24, 2.45) is 0 Å². The van der Waals surface area contributed by atoms with E-state index in [1.165, 1.54) is 47.5 Å². The van der Waals surface area contributed by atoms with Gasteiger partial charge < -0.3 is 0 Å². The van der Waals surface area contributed by atoms with Gasteiger partial charge in [0, 0.05) is 0 Å². The van der Waals surface area contributed by atoms with Crippen molar-refractivity contribution in [1.82, 2.24) is 0 Å². The van der Waals surface area contributed by atoms with Crippen LogP contribution in [0.4, 0.5) is 0 Å². The maximum absolute atomic E-state index is 5.79. The van der Waals surface area contributed by atoms with Crippen LogP contribution in [0.2, 0.25) is 8.94 Å². The van der Waals surface area contributed by atoms with Crippen molar-refractivity contribution in [2.45, 2.75) is 59.7 Å². The second-order valence-electron chi connectivity index (χ2n) is 4.55. The van der Waals surface area contributed by atoms with Crippen LogP contribution in [-0.4, -0.2) is 59.5 Å². The first-order chi connectivity index (χ1) is 7.95. The maximum atomic E-state index is 5.79. The van der Waals surface area contributed by atoms with Crippen LogP contribution in [0.25, 0.3) is 0 Å². The molecule has 2 atom stereocenters. The summed E-state index contributed by atoms with van der Waals surface area (Å²) >= 11 is 0.647. The standard InChI is InChI=1S/C12H22O2Te2/c1-3-7-13-11(5-1)9-15-16-10-12-6-2-4-8-14-12/h11-12H,1-10H2. The van der Waals surface area contributed by atoms with Crippen LogP contribution in [0.5, 0.6) is 0 Å². The molecule has 0 aromatic rings. The van der Waals surface area contributed by atoms with Crippen LogP contribution in [0.15, 0.2) is 0 Å². The van der Waals surface area contributed by atoms with Gasteiger partial charge >= 0.3 is 116 Å². The molecule has 2 aliphatic heterocycles. The summed E-state index contributed by atoms with van der Waals surface area (Å²) in [6, 6.07) is 0. The first kappa shape index (κ1) is 13.9. The summed E-state index contributed by atoms with van der Waals surface area (Å²) in [7, 11) is 0. The molecule has 2 nitrogen and oxygen atoms in total. The molecule has 2 saturated heterocycles.